The Hall–Kier alpha value is -1.75. The highest BCUT2D eigenvalue weighted by atomic mass is 16.5. The van der Waals surface area contributed by atoms with E-state index in [0.717, 1.165) is 11.3 Å². The molecule has 0 fully saturated rings. The second kappa shape index (κ2) is 5.87. The topological polar surface area (TPSA) is 70.6 Å². The zero-order valence-corrected chi connectivity index (χ0v) is 8.49. The largest absolute Gasteiger partial charge is 0.465 e. The normalized spacial score (nSPS) is 9.67. The fourth-order valence-corrected chi connectivity index (χ4v) is 1.12. The molecule has 1 aromatic rings. The Morgan fingerprint density at radius 3 is 3.00 bits per heavy atom. The molecule has 1 amide bonds. The summed E-state index contributed by atoms with van der Waals surface area (Å²) < 4.78 is 4.86. The van der Waals surface area contributed by atoms with Gasteiger partial charge in [0.15, 0.2) is 0 Å². The molecule has 82 valence electrons. The van der Waals surface area contributed by atoms with Gasteiger partial charge in [-0.2, -0.15) is 0 Å². The van der Waals surface area contributed by atoms with E-state index in [9.17, 15) is 4.79 Å². The molecule has 0 heterocycles. The third-order valence-electron chi connectivity index (χ3n) is 1.79. The predicted octanol–water partition coefficient (Wildman–Crippen LogP) is 1.47. The van der Waals surface area contributed by atoms with E-state index in [1.165, 1.54) is 0 Å². The fourth-order valence-electron chi connectivity index (χ4n) is 1.12. The lowest BCUT2D eigenvalue weighted by Gasteiger charge is -2.07. The molecule has 0 atom stereocenters. The number of hydrogen-bond donors (Lipinski definition) is 3. The molecule has 0 saturated carbocycles. The Morgan fingerprint density at radius 1 is 1.53 bits per heavy atom. The summed E-state index contributed by atoms with van der Waals surface area (Å²) in [5.74, 6) is 0. The number of rotatable bonds is 5. The Bertz CT molecular complexity index is 328. The minimum Gasteiger partial charge on any atom is -0.465 e. The number of carboxylic acid groups (broad SMARTS) is 1. The lowest BCUT2D eigenvalue weighted by Crippen LogP contribution is -2.19. The molecule has 0 unspecified atom stereocenters. The molecule has 0 radical (unpaired) electrons. The van der Waals surface area contributed by atoms with Gasteiger partial charge >= 0.3 is 6.09 Å². The van der Waals surface area contributed by atoms with Gasteiger partial charge in [-0.1, -0.05) is 12.1 Å². The van der Waals surface area contributed by atoms with Crippen LogP contribution in [0.5, 0.6) is 0 Å². The van der Waals surface area contributed by atoms with Gasteiger partial charge < -0.3 is 20.5 Å². The van der Waals surface area contributed by atoms with Crippen LogP contribution in [0, 0.1) is 0 Å². The number of hydrogen-bond acceptors (Lipinski definition) is 3. The number of anilines is 1. The van der Waals surface area contributed by atoms with Gasteiger partial charge in [0.05, 0.1) is 0 Å². The summed E-state index contributed by atoms with van der Waals surface area (Å²) in [5, 5.41) is 13.8. The van der Waals surface area contributed by atoms with Gasteiger partial charge in [-0.25, -0.2) is 4.79 Å². The summed E-state index contributed by atoms with van der Waals surface area (Å²) in [5.41, 5.74) is 1.81. The molecule has 0 bridgehead atoms. The van der Waals surface area contributed by atoms with Crippen molar-refractivity contribution in [2.75, 3.05) is 19.2 Å². The molecule has 15 heavy (non-hydrogen) atoms. The Kier molecular flexibility index (Phi) is 4.43. The minimum absolute atomic E-state index is 0.303. The lowest BCUT2D eigenvalue weighted by molar-refractivity contribution is 0.194. The zero-order valence-electron chi connectivity index (χ0n) is 8.49. The van der Waals surface area contributed by atoms with E-state index in [0.29, 0.717) is 13.3 Å². The van der Waals surface area contributed by atoms with E-state index in [1.54, 1.807) is 7.11 Å². The standard InChI is InChI=1S/C10H14N2O3/c1-15-7-12-9-4-2-3-8(5-9)6-11-10(13)14/h2-5,11-12H,6-7H2,1H3,(H,13,14). The number of benzene rings is 1. The average molecular weight is 210 g/mol. The second-order valence-corrected chi connectivity index (χ2v) is 2.97. The SMILES string of the molecule is COCNc1cccc(CNC(=O)O)c1. The van der Waals surface area contributed by atoms with E-state index in [-0.39, 0.29) is 0 Å². The highest BCUT2D eigenvalue weighted by Crippen LogP contribution is 2.09. The van der Waals surface area contributed by atoms with Crippen molar-refractivity contribution in [2.45, 2.75) is 6.54 Å². The number of carbonyl (C=O) groups is 1. The van der Waals surface area contributed by atoms with Crippen LogP contribution in [-0.2, 0) is 11.3 Å². The van der Waals surface area contributed by atoms with Crippen LogP contribution in [0.25, 0.3) is 0 Å². The molecule has 5 heteroatoms. The number of methoxy groups -OCH3 is 1. The molecule has 0 saturated heterocycles. The summed E-state index contributed by atoms with van der Waals surface area (Å²) in [6.45, 7) is 0.730. The van der Waals surface area contributed by atoms with Gasteiger partial charge in [0.25, 0.3) is 0 Å². The van der Waals surface area contributed by atoms with Crippen LogP contribution >= 0.6 is 0 Å². The summed E-state index contributed by atoms with van der Waals surface area (Å²) in [6.07, 6.45) is -1.02. The second-order valence-electron chi connectivity index (χ2n) is 2.97. The molecule has 0 spiro atoms. The van der Waals surface area contributed by atoms with Crippen molar-refractivity contribution in [1.82, 2.24) is 5.32 Å². The molecule has 1 rings (SSSR count). The lowest BCUT2D eigenvalue weighted by atomic mass is 10.2. The van der Waals surface area contributed by atoms with Crippen molar-refractivity contribution < 1.29 is 14.6 Å². The van der Waals surface area contributed by atoms with E-state index >= 15 is 0 Å². The Morgan fingerprint density at radius 2 is 2.33 bits per heavy atom. The Balaban J connectivity index is 2.53. The smallest absolute Gasteiger partial charge is 0.404 e. The summed E-state index contributed by atoms with van der Waals surface area (Å²) in [6, 6.07) is 7.48. The maximum absolute atomic E-state index is 10.3. The van der Waals surface area contributed by atoms with E-state index < -0.39 is 6.09 Å². The molecule has 1 aromatic carbocycles. The molecule has 0 aliphatic heterocycles. The molecular formula is C10H14N2O3. The fraction of sp³-hybridized carbons (Fsp3) is 0.300. The molecule has 3 N–H and O–H groups in total. The van der Waals surface area contributed by atoms with Gasteiger partial charge in [-0.05, 0) is 17.7 Å². The van der Waals surface area contributed by atoms with Gasteiger partial charge in [-0.3, -0.25) is 0 Å². The first-order valence-electron chi connectivity index (χ1n) is 4.51. The summed E-state index contributed by atoms with van der Waals surface area (Å²) in [4.78, 5) is 10.3. The van der Waals surface area contributed by atoms with Gasteiger partial charge in [-0.15, -0.1) is 0 Å². The first kappa shape index (κ1) is 11.3. The van der Waals surface area contributed by atoms with Crippen molar-refractivity contribution in [3.63, 3.8) is 0 Å². The van der Waals surface area contributed by atoms with Crippen LogP contribution in [0.3, 0.4) is 0 Å². The van der Waals surface area contributed by atoms with Crippen LogP contribution in [0.1, 0.15) is 5.56 Å². The maximum atomic E-state index is 10.3. The molecule has 0 aliphatic rings. The van der Waals surface area contributed by atoms with Gasteiger partial charge in [0.2, 0.25) is 0 Å². The maximum Gasteiger partial charge on any atom is 0.404 e. The molecule has 0 aromatic heterocycles. The van der Waals surface area contributed by atoms with Crippen molar-refractivity contribution in [2.24, 2.45) is 0 Å². The summed E-state index contributed by atoms with van der Waals surface area (Å²) >= 11 is 0. The van der Waals surface area contributed by atoms with Crippen molar-refractivity contribution in [1.29, 1.82) is 0 Å². The van der Waals surface area contributed by atoms with Crippen LogP contribution < -0.4 is 10.6 Å². The molecule has 0 aliphatic carbocycles. The van der Waals surface area contributed by atoms with E-state index in [4.69, 9.17) is 9.84 Å². The quantitative estimate of drug-likeness (QED) is 0.643. The third kappa shape index (κ3) is 4.33. The van der Waals surface area contributed by atoms with Gasteiger partial charge in [0, 0.05) is 19.3 Å². The van der Waals surface area contributed by atoms with Gasteiger partial charge in [0.1, 0.15) is 6.73 Å². The number of nitrogens with one attached hydrogen (secondary N) is 2. The van der Waals surface area contributed by atoms with Crippen LogP contribution in [0.2, 0.25) is 0 Å². The summed E-state index contributed by atoms with van der Waals surface area (Å²) in [7, 11) is 1.60. The van der Waals surface area contributed by atoms with Crippen molar-refractivity contribution in [3.05, 3.63) is 29.8 Å². The monoisotopic (exact) mass is 210 g/mol. The number of amides is 1. The molecular weight excluding hydrogens is 196 g/mol. The predicted molar refractivity (Wildman–Crippen MR) is 56.8 cm³/mol. The average Bonchev–Trinajstić information content (AvgIpc) is 2.24. The van der Waals surface area contributed by atoms with Crippen LogP contribution in [-0.4, -0.2) is 25.0 Å². The van der Waals surface area contributed by atoms with Crippen molar-refractivity contribution >= 4 is 11.8 Å². The highest BCUT2D eigenvalue weighted by Gasteiger charge is 1.97. The highest BCUT2D eigenvalue weighted by molar-refractivity contribution is 5.64. The Labute approximate surface area is 88.1 Å². The van der Waals surface area contributed by atoms with Crippen LogP contribution in [0.4, 0.5) is 10.5 Å². The molecule has 5 nitrogen and oxygen atoms in total. The van der Waals surface area contributed by atoms with Crippen LogP contribution in [0.15, 0.2) is 24.3 Å². The number of ether oxygens (including phenoxy) is 1. The first-order valence-corrected chi connectivity index (χ1v) is 4.51. The first-order chi connectivity index (χ1) is 7.22. The third-order valence-corrected chi connectivity index (χ3v) is 1.79. The minimum atomic E-state index is -1.02. The van der Waals surface area contributed by atoms with E-state index in [1.807, 2.05) is 24.3 Å². The van der Waals surface area contributed by atoms with Crippen molar-refractivity contribution in [3.8, 4) is 0 Å². The van der Waals surface area contributed by atoms with E-state index in [2.05, 4.69) is 10.6 Å². The zero-order chi connectivity index (χ0) is 11.1.